The molecule has 1 atom stereocenters. The van der Waals surface area contributed by atoms with Crippen LogP contribution < -0.4 is 5.32 Å². The highest BCUT2D eigenvalue weighted by Crippen LogP contribution is 2.25. The van der Waals surface area contributed by atoms with E-state index in [0.29, 0.717) is 6.04 Å². The zero-order valence-corrected chi connectivity index (χ0v) is 14.4. The summed E-state index contributed by atoms with van der Waals surface area (Å²) in [7, 11) is 0. The molecule has 1 unspecified atom stereocenters. The minimum absolute atomic E-state index is 0.438. The molecule has 6 nitrogen and oxygen atoms in total. The summed E-state index contributed by atoms with van der Waals surface area (Å²) < 4.78 is 1.71. The first-order chi connectivity index (χ1) is 11.8. The molecule has 0 bridgehead atoms. The van der Waals surface area contributed by atoms with Gasteiger partial charge in [-0.15, -0.1) is 11.3 Å². The molecule has 0 saturated heterocycles. The summed E-state index contributed by atoms with van der Waals surface area (Å²) >= 11 is 1.88. The highest BCUT2D eigenvalue weighted by Gasteiger charge is 2.21. The van der Waals surface area contributed by atoms with Crippen LogP contribution in [0.3, 0.4) is 0 Å². The van der Waals surface area contributed by atoms with E-state index in [1.54, 1.807) is 28.1 Å². The van der Waals surface area contributed by atoms with Crippen LogP contribution in [0.4, 0.5) is 5.82 Å². The maximum Gasteiger partial charge on any atom is 0.173 e. The van der Waals surface area contributed by atoms with Gasteiger partial charge in [0.05, 0.1) is 12.4 Å². The molecule has 4 heterocycles. The van der Waals surface area contributed by atoms with Crippen LogP contribution in [0.5, 0.6) is 0 Å². The van der Waals surface area contributed by atoms with Crippen LogP contribution in [0.25, 0.3) is 5.82 Å². The summed E-state index contributed by atoms with van der Waals surface area (Å²) in [6.07, 6.45) is 8.23. The van der Waals surface area contributed by atoms with Gasteiger partial charge in [0, 0.05) is 42.9 Å². The molecular weight excluding hydrogens is 320 g/mol. The average molecular weight is 340 g/mol. The standard InChI is InChI=1S/C17H20N6S/c1-13(22-7-3-15-14(12-22)4-8-24-15)9-19-16-10-18-11-17(21-16)23-6-2-5-20-23/h2,4-6,8,10-11,13H,3,7,9,12H2,1H3,(H,19,21). The van der Waals surface area contributed by atoms with Crippen molar-refractivity contribution in [3.63, 3.8) is 0 Å². The molecular formula is C17H20N6S. The van der Waals surface area contributed by atoms with Gasteiger partial charge in [-0.1, -0.05) is 0 Å². The van der Waals surface area contributed by atoms with E-state index < -0.39 is 0 Å². The summed E-state index contributed by atoms with van der Waals surface area (Å²) in [5, 5.41) is 9.80. The molecule has 1 aliphatic rings. The van der Waals surface area contributed by atoms with E-state index in [-0.39, 0.29) is 0 Å². The van der Waals surface area contributed by atoms with Crippen LogP contribution in [-0.2, 0) is 13.0 Å². The fourth-order valence-corrected chi connectivity index (χ4v) is 3.87. The summed E-state index contributed by atoms with van der Waals surface area (Å²) in [5.41, 5.74) is 1.48. The summed E-state index contributed by atoms with van der Waals surface area (Å²) in [6, 6.07) is 4.57. The van der Waals surface area contributed by atoms with Gasteiger partial charge in [-0.3, -0.25) is 9.88 Å². The Morgan fingerprint density at radius 2 is 2.33 bits per heavy atom. The molecule has 0 amide bonds. The maximum atomic E-state index is 4.57. The third-order valence-electron chi connectivity index (χ3n) is 4.40. The molecule has 1 aliphatic heterocycles. The molecule has 0 aliphatic carbocycles. The Labute approximate surface area is 145 Å². The van der Waals surface area contributed by atoms with Crippen LogP contribution >= 0.6 is 11.3 Å². The fourth-order valence-electron chi connectivity index (χ4n) is 2.98. The second kappa shape index (κ2) is 6.70. The van der Waals surface area contributed by atoms with Gasteiger partial charge < -0.3 is 5.32 Å². The van der Waals surface area contributed by atoms with Gasteiger partial charge in [0.25, 0.3) is 0 Å². The highest BCUT2D eigenvalue weighted by atomic mass is 32.1. The SMILES string of the molecule is CC(CNc1cncc(-n2cccn2)n1)N1CCc2sccc2C1. The Bertz CT molecular complexity index is 797. The second-order valence-corrected chi connectivity index (χ2v) is 7.03. The molecule has 0 aromatic carbocycles. The molecule has 0 radical (unpaired) electrons. The van der Waals surface area contributed by atoms with E-state index in [4.69, 9.17) is 0 Å². The Morgan fingerprint density at radius 1 is 1.38 bits per heavy atom. The topological polar surface area (TPSA) is 58.9 Å². The van der Waals surface area contributed by atoms with Crippen molar-refractivity contribution in [3.8, 4) is 5.82 Å². The minimum Gasteiger partial charge on any atom is -0.367 e. The molecule has 3 aromatic heterocycles. The lowest BCUT2D eigenvalue weighted by atomic mass is 10.1. The number of hydrogen-bond acceptors (Lipinski definition) is 6. The van der Waals surface area contributed by atoms with E-state index >= 15 is 0 Å². The van der Waals surface area contributed by atoms with E-state index in [1.807, 2.05) is 23.6 Å². The maximum absolute atomic E-state index is 4.57. The van der Waals surface area contributed by atoms with Crippen LogP contribution in [-0.4, -0.2) is 43.8 Å². The quantitative estimate of drug-likeness (QED) is 0.774. The number of hydrogen-bond donors (Lipinski definition) is 1. The van der Waals surface area contributed by atoms with E-state index in [1.165, 1.54) is 5.56 Å². The summed E-state index contributed by atoms with van der Waals surface area (Å²) in [6.45, 7) is 5.27. The van der Waals surface area contributed by atoms with E-state index in [2.05, 4.69) is 43.7 Å². The van der Waals surface area contributed by atoms with Crippen molar-refractivity contribution < 1.29 is 0 Å². The van der Waals surface area contributed by atoms with Crippen molar-refractivity contribution in [3.05, 3.63) is 52.7 Å². The van der Waals surface area contributed by atoms with Crippen molar-refractivity contribution in [1.29, 1.82) is 0 Å². The fraction of sp³-hybridized carbons (Fsp3) is 0.353. The van der Waals surface area contributed by atoms with Gasteiger partial charge in [0.2, 0.25) is 0 Å². The lowest BCUT2D eigenvalue weighted by Gasteiger charge is -2.32. The first kappa shape index (κ1) is 15.3. The Hall–Kier alpha value is -2.25. The van der Waals surface area contributed by atoms with Gasteiger partial charge in [0.15, 0.2) is 5.82 Å². The molecule has 0 saturated carbocycles. The number of anilines is 1. The van der Waals surface area contributed by atoms with Crippen LogP contribution in [0.15, 0.2) is 42.3 Å². The largest absolute Gasteiger partial charge is 0.367 e. The molecule has 24 heavy (non-hydrogen) atoms. The predicted octanol–water partition coefficient (Wildman–Crippen LogP) is 2.58. The average Bonchev–Trinajstić information content (AvgIpc) is 3.30. The predicted molar refractivity (Wildman–Crippen MR) is 95.5 cm³/mol. The molecule has 7 heteroatoms. The Kier molecular flexibility index (Phi) is 4.27. The molecule has 1 N–H and O–H groups in total. The summed E-state index contributed by atoms with van der Waals surface area (Å²) in [5.74, 6) is 1.50. The van der Waals surface area contributed by atoms with Crippen molar-refractivity contribution in [2.24, 2.45) is 0 Å². The van der Waals surface area contributed by atoms with Gasteiger partial charge in [-0.25, -0.2) is 9.67 Å². The number of fused-ring (bicyclic) bond motifs is 1. The molecule has 4 rings (SSSR count). The molecule has 124 valence electrons. The van der Waals surface area contributed by atoms with E-state index in [9.17, 15) is 0 Å². The lowest BCUT2D eigenvalue weighted by molar-refractivity contribution is 0.200. The smallest absolute Gasteiger partial charge is 0.173 e. The summed E-state index contributed by atoms with van der Waals surface area (Å²) in [4.78, 5) is 12.9. The van der Waals surface area contributed by atoms with Crippen LogP contribution in [0, 0.1) is 0 Å². The molecule has 3 aromatic rings. The zero-order valence-electron chi connectivity index (χ0n) is 13.6. The number of rotatable bonds is 5. The van der Waals surface area contributed by atoms with Crippen molar-refractivity contribution in [2.75, 3.05) is 18.4 Å². The first-order valence-electron chi connectivity index (χ1n) is 8.15. The zero-order chi connectivity index (χ0) is 16.4. The number of aromatic nitrogens is 4. The van der Waals surface area contributed by atoms with Crippen LogP contribution in [0.2, 0.25) is 0 Å². The number of nitrogens with zero attached hydrogens (tertiary/aromatic N) is 5. The monoisotopic (exact) mass is 340 g/mol. The molecule has 0 fully saturated rings. The van der Waals surface area contributed by atoms with Crippen molar-refractivity contribution >= 4 is 17.2 Å². The normalized spacial score (nSPS) is 15.9. The minimum atomic E-state index is 0.438. The van der Waals surface area contributed by atoms with Gasteiger partial charge in [-0.05, 0) is 36.4 Å². The lowest BCUT2D eigenvalue weighted by Crippen LogP contribution is -2.40. The first-order valence-corrected chi connectivity index (χ1v) is 9.03. The molecule has 0 spiro atoms. The highest BCUT2D eigenvalue weighted by molar-refractivity contribution is 7.10. The third kappa shape index (κ3) is 3.18. The van der Waals surface area contributed by atoms with Gasteiger partial charge in [0.1, 0.15) is 5.82 Å². The number of nitrogens with one attached hydrogen (secondary N) is 1. The number of thiophene rings is 1. The second-order valence-electron chi connectivity index (χ2n) is 6.03. The van der Waals surface area contributed by atoms with Crippen molar-refractivity contribution in [1.82, 2.24) is 24.6 Å². The van der Waals surface area contributed by atoms with E-state index in [0.717, 1.165) is 37.7 Å². The van der Waals surface area contributed by atoms with Crippen LogP contribution in [0.1, 0.15) is 17.4 Å². The van der Waals surface area contributed by atoms with Gasteiger partial charge >= 0.3 is 0 Å². The van der Waals surface area contributed by atoms with Gasteiger partial charge in [-0.2, -0.15) is 5.10 Å². The Balaban J connectivity index is 1.38. The van der Waals surface area contributed by atoms with Crippen molar-refractivity contribution in [2.45, 2.75) is 25.9 Å². The third-order valence-corrected chi connectivity index (χ3v) is 5.42. The Morgan fingerprint density at radius 3 is 3.21 bits per heavy atom.